The zero-order valence-corrected chi connectivity index (χ0v) is 20.6. The summed E-state index contributed by atoms with van der Waals surface area (Å²) >= 11 is 0. The predicted molar refractivity (Wildman–Crippen MR) is 126 cm³/mol. The maximum absolute atomic E-state index is 13.5. The number of aromatic nitrogens is 2. The van der Waals surface area contributed by atoms with Crippen molar-refractivity contribution < 1.29 is 31.5 Å². The lowest BCUT2D eigenvalue weighted by Crippen LogP contribution is -2.34. The highest BCUT2D eigenvalue weighted by Crippen LogP contribution is 2.49. The molecular formula is C26H31F5N2O3. The highest BCUT2D eigenvalue weighted by Gasteiger charge is 2.46. The highest BCUT2D eigenvalue weighted by molar-refractivity contribution is 5.96. The van der Waals surface area contributed by atoms with Crippen molar-refractivity contribution >= 4 is 5.97 Å². The van der Waals surface area contributed by atoms with Crippen molar-refractivity contribution in [3.8, 4) is 11.3 Å². The molecule has 0 spiro atoms. The molecule has 0 atom stereocenters. The van der Waals surface area contributed by atoms with Crippen LogP contribution >= 0.6 is 0 Å². The lowest BCUT2D eigenvalue weighted by Gasteiger charge is -2.35. The minimum absolute atomic E-state index is 0.0169. The predicted octanol–water partition coefficient (Wildman–Crippen LogP) is 6.97. The number of rotatable bonds is 5. The van der Waals surface area contributed by atoms with Gasteiger partial charge in [0.15, 0.2) is 5.43 Å². The van der Waals surface area contributed by atoms with Crippen LogP contribution in [0.2, 0.25) is 0 Å². The SMILES string of the molecule is CCOC(=O)c1c(-c2cnc(C3CC(F)(F)C3)cc2C2CCCCC2)[nH]c(C)c(C)c1=O.FC(F)F. The number of nitrogens with zero attached hydrogens (tertiary/aromatic N) is 1. The van der Waals surface area contributed by atoms with E-state index in [1.807, 2.05) is 6.07 Å². The van der Waals surface area contributed by atoms with Crippen LogP contribution in [0.1, 0.15) is 96.6 Å². The number of pyridine rings is 2. The summed E-state index contributed by atoms with van der Waals surface area (Å²) in [6.45, 7) is 1.67. The lowest BCUT2D eigenvalue weighted by atomic mass is 9.76. The molecule has 198 valence electrons. The normalized spacial score (nSPS) is 17.8. The van der Waals surface area contributed by atoms with E-state index in [1.54, 1.807) is 27.0 Å². The van der Waals surface area contributed by atoms with E-state index in [4.69, 9.17) is 4.74 Å². The number of nitrogens with one attached hydrogen (secondary N) is 1. The van der Waals surface area contributed by atoms with E-state index in [0.717, 1.165) is 31.2 Å². The van der Waals surface area contributed by atoms with Crippen molar-refractivity contribution in [3.05, 3.63) is 50.6 Å². The Morgan fingerprint density at radius 3 is 2.31 bits per heavy atom. The minimum atomic E-state index is -3.67. The molecule has 2 aliphatic rings. The van der Waals surface area contributed by atoms with Gasteiger partial charge < -0.3 is 9.72 Å². The molecule has 4 rings (SSSR count). The number of ether oxygens (including phenoxy) is 1. The first-order chi connectivity index (χ1) is 16.9. The van der Waals surface area contributed by atoms with E-state index < -0.39 is 18.6 Å². The third kappa shape index (κ3) is 6.31. The molecular weight excluding hydrogens is 483 g/mol. The van der Waals surface area contributed by atoms with Gasteiger partial charge in [0.05, 0.1) is 12.3 Å². The first kappa shape index (κ1) is 27.8. The minimum Gasteiger partial charge on any atom is -0.462 e. The number of carbonyl (C=O) groups is 1. The molecule has 5 nitrogen and oxygen atoms in total. The molecule has 0 unspecified atom stereocenters. The molecule has 1 N–H and O–H groups in total. The second-order valence-corrected chi connectivity index (χ2v) is 9.41. The van der Waals surface area contributed by atoms with Crippen LogP contribution in [0, 0.1) is 13.8 Å². The van der Waals surface area contributed by atoms with Gasteiger partial charge in [0.2, 0.25) is 5.92 Å². The monoisotopic (exact) mass is 514 g/mol. The Labute approximate surface area is 206 Å². The molecule has 36 heavy (non-hydrogen) atoms. The van der Waals surface area contributed by atoms with Crippen LogP contribution in [0.15, 0.2) is 17.1 Å². The highest BCUT2D eigenvalue weighted by atomic mass is 19.4. The molecule has 0 saturated heterocycles. The van der Waals surface area contributed by atoms with Gasteiger partial charge in [-0.2, -0.15) is 13.2 Å². The van der Waals surface area contributed by atoms with Crippen LogP contribution in [-0.2, 0) is 4.74 Å². The molecule has 0 aliphatic heterocycles. The molecule has 0 bridgehead atoms. The first-order valence-electron chi connectivity index (χ1n) is 12.2. The second-order valence-electron chi connectivity index (χ2n) is 9.41. The number of hydrogen-bond donors (Lipinski definition) is 1. The van der Waals surface area contributed by atoms with E-state index in [1.165, 1.54) is 6.42 Å². The molecule has 2 aromatic rings. The molecule has 10 heteroatoms. The van der Waals surface area contributed by atoms with Gasteiger partial charge >= 0.3 is 12.6 Å². The molecule has 2 saturated carbocycles. The summed E-state index contributed by atoms with van der Waals surface area (Å²) in [5.41, 5.74) is 3.53. The summed E-state index contributed by atoms with van der Waals surface area (Å²) in [5, 5.41) is 0. The standard InChI is InChI=1S/C25H30F2N2O3.CHF3/c1-4-32-24(31)21-22(29-15(3)14(2)23(21)30)19-13-28-20(17-11-25(26,27)12-17)10-18(19)16-8-6-5-7-9-16;2-1(3)4/h10,13,16-17H,4-9,11-12H2,1-3H3,(H,29,30);1H. The van der Waals surface area contributed by atoms with Crippen LogP contribution in [-0.4, -0.2) is 35.1 Å². The molecule has 0 radical (unpaired) electrons. The fourth-order valence-corrected chi connectivity index (χ4v) is 4.96. The molecule has 2 aromatic heterocycles. The van der Waals surface area contributed by atoms with Crippen molar-refractivity contribution in [1.82, 2.24) is 9.97 Å². The van der Waals surface area contributed by atoms with Crippen molar-refractivity contribution in [2.45, 2.75) is 90.2 Å². The average molecular weight is 515 g/mol. The van der Waals surface area contributed by atoms with Gasteiger partial charge in [-0.05, 0) is 51.2 Å². The smallest absolute Gasteiger partial charge is 0.379 e. The number of aryl methyl sites for hydroxylation is 1. The number of carbonyl (C=O) groups excluding carboxylic acids is 1. The van der Waals surface area contributed by atoms with E-state index in [2.05, 4.69) is 9.97 Å². The topological polar surface area (TPSA) is 72.0 Å². The fraction of sp³-hybridized carbons (Fsp3) is 0.577. The summed E-state index contributed by atoms with van der Waals surface area (Å²) in [6, 6.07) is 1.94. The van der Waals surface area contributed by atoms with E-state index in [9.17, 15) is 31.5 Å². The number of halogens is 5. The Morgan fingerprint density at radius 2 is 1.75 bits per heavy atom. The number of esters is 1. The number of hydrogen-bond acceptors (Lipinski definition) is 4. The van der Waals surface area contributed by atoms with E-state index in [-0.39, 0.29) is 42.3 Å². The Morgan fingerprint density at radius 1 is 1.14 bits per heavy atom. The van der Waals surface area contributed by atoms with E-state index in [0.29, 0.717) is 28.2 Å². The lowest BCUT2D eigenvalue weighted by molar-refractivity contribution is -0.0876. The van der Waals surface area contributed by atoms with Crippen LogP contribution in [0.25, 0.3) is 11.3 Å². The van der Waals surface area contributed by atoms with Crippen LogP contribution < -0.4 is 5.43 Å². The molecule has 2 fully saturated rings. The zero-order chi connectivity index (χ0) is 26.6. The maximum Gasteiger partial charge on any atom is 0.379 e. The van der Waals surface area contributed by atoms with Gasteiger partial charge in [0.1, 0.15) is 5.56 Å². The summed E-state index contributed by atoms with van der Waals surface area (Å²) in [7, 11) is 0. The third-order valence-electron chi connectivity index (χ3n) is 6.95. The van der Waals surface area contributed by atoms with Crippen molar-refractivity contribution in [2.75, 3.05) is 6.61 Å². The van der Waals surface area contributed by atoms with E-state index >= 15 is 0 Å². The Kier molecular flexibility index (Phi) is 8.89. The first-order valence-corrected chi connectivity index (χ1v) is 12.2. The summed E-state index contributed by atoms with van der Waals surface area (Å²) in [5.74, 6) is -3.30. The van der Waals surface area contributed by atoms with Gasteiger partial charge in [-0.3, -0.25) is 9.78 Å². The molecule has 2 aliphatic carbocycles. The molecule has 0 amide bonds. The van der Waals surface area contributed by atoms with Crippen LogP contribution in [0.5, 0.6) is 0 Å². The summed E-state index contributed by atoms with van der Waals surface area (Å²) in [6.07, 6.45) is 6.62. The third-order valence-corrected chi connectivity index (χ3v) is 6.95. The van der Waals surface area contributed by atoms with Gasteiger partial charge in [-0.15, -0.1) is 0 Å². The van der Waals surface area contributed by atoms with Crippen molar-refractivity contribution in [1.29, 1.82) is 0 Å². The molecule has 2 heterocycles. The van der Waals surface area contributed by atoms with Crippen LogP contribution in [0.3, 0.4) is 0 Å². The quantitative estimate of drug-likeness (QED) is 0.346. The maximum atomic E-state index is 13.5. The Balaban J connectivity index is 0.000000840. The summed E-state index contributed by atoms with van der Waals surface area (Å²) in [4.78, 5) is 33.6. The number of alkyl halides is 5. The number of aromatic amines is 1. The average Bonchev–Trinajstić information content (AvgIpc) is 2.80. The number of H-pyrrole nitrogens is 1. The van der Waals surface area contributed by atoms with Crippen LogP contribution in [0.4, 0.5) is 22.0 Å². The van der Waals surface area contributed by atoms with Gasteiger partial charge in [0, 0.05) is 47.5 Å². The van der Waals surface area contributed by atoms with Crippen molar-refractivity contribution in [3.63, 3.8) is 0 Å². The van der Waals surface area contributed by atoms with Gasteiger partial charge in [-0.1, -0.05) is 19.3 Å². The Hall–Kier alpha value is -2.78. The van der Waals surface area contributed by atoms with Gasteiger partial charge in [-0.25, -0.2) is 13.6 Å². The van der Waals surface area contributed by atoms with Crippen molar-refractivity contribution in [2.24, 2.45) is 0 Å². The van der Waals surface area contributed by atoms with Gasteiger partial charge in [0.25, 0.3) is 0 Å². The molecule has 0 aromatic carbocycles. The second kappa shape index (κ2) is 11.5. The largest absolute Gasteiger partial charge is 0.462 e. The summed E-state index contributed by atoms with van der Waals surface area (Å²) < 4.78 is 61.2. The Bertz CT molecular complexity index is 1130. The zero-order valence-electron chi connectivity index (χ0n) is 20.6. The fourth-order valence-electron chi connectivity index (χ4n) is 4.96.